The van der Waals surface area contributed by atoms with Gasteiger partial charge in [-0.05, 0) is 44.4 Å². The largest absolute Gasteiger partial charge is 0.446 e. The highest BCUT2D eigenvalue weighted by molar-refractivity contribution is 5.67. The molecule has 1 aliphatic rings. The molecule has 0 spiro atoms. The molecule has 0 saturated heterocycles. The summed E-state index contributed by atoms with van der Waals surface area (Å²) in [6, 6.07) is 0. The van der Waals surface area contributed by atoms with E-state index in [4.69, 9.17) is 4.74 Å². The highest BCUT2D eigenvalue weighted by atomic mass is 16.6. The van der Waals surface area contributed by atoms with E-state index >= 15 is 0 Å². The summed E-state index contributed by atoms with van der Waals surface area (Å²) in [7, 11) is 0. The number of ether oxygens (including phenoxy) is 1. The fraction of sp³-hybridized carbons (Fsp3) is 0.933. The number of nitrogens with zero attached hydrogens (tertiary/aromatic N) is 1. The van der Waals surface area contributed by atoms with Crippen LogP contribution in [0.4, 0.5) is 4.79 Å². The van der Waals surface area contributed by atoms with Crippen molar-refractivity contribution in [1.29, 1.82) is 0 Å². The maximum absolute atomic E-state index is 12.1. The molecule has 0 heterocycles. The summed E-state index contributed by atoms with van der Waals surface area (Å²) in [5.74, 6) is 1.79. The first-order chi connectivity index (χ1) is 8.49. The topological polar surface area (TPSA) is 29.5 Å². The van der Waals surface area contributed by atoms with Crippen molar-refractivity contribution in [2.45, 2.75) is 60.0 Å². The highest BCUT2D eigenvalue weighted by Gasteiger charge is 2.34. The molecule has 3 nitrogen and oxygen atoms in total. The highest BCUT2D eigenvalue weighted by Crippen LogP contribution is 2.35. The van der Waals surface area contributed by atoms with Gasteiger partial charge in [0.1, 0.15) is 6.10 Å². The van der Waals surface area contributed by atoms with Crippen molar-refractivity contribution in [3.05, 3.63) is 0 Å². The van der Waals surface area contributed by atoms with Crippen LogP contribution in [0.3, 0.4) is 0 Å². The molecule has 0 N–H and O–H groups in total. The molecule has 0 aromatic heterocycles. The predicted molar refractivity (Wildman–Crippen MR) is 74.5 cm³/mol. The lowest BCUT2D eigenvalue weighted by Crippen LogP contribution is -2.40. The van der Waals surface area contributed by atoms with Gasteiger partial charge in [0.25, 0.3) is 0 Å². The first kappa shape index (κ1) is 15.3. The summed E-state index contributed by atoms with van der Waals surface area (Å²) in [5, 5.41) is 0. The van der Waals surface area contributed by atoms with E-state index in [9.17, 15) is 4.79 Å². The van der Waals surface area contributed by atoms with Crippen LogP contribution < -0.4 is 0 Å². The van der Waals surface area contributed by atoms with Crippen LogP contribution in [0.2, 0.25) is 0 Å². The van der Waals surface area contributed by atoms with Crippen LogP contribution in [0, 0.1) is 17.8 Å². The number of rotatable bonds is 4. The van der Waals surface area contributed by atoms with E-state index in [1.54, 1.807) is 4.90 Å². The molecule has 1 fully saturated rings. The molecule has 0 radical (unpaired) electrons. The number of hydrogen-bond donors (Lipinski definition) is 0. The molecule has 2 unspecified atom stereocenters. The molecule has 3 heteroatoms. The van der Waals surface area contributed by atoms with Crippen LogP contribution in [0.15, 0.2) is 0 Å². The Balaban J connectivity index is 2.63. The minimum Gasteiger partial charge on any atom is -0.446 e. The third-order valence-electron chi connectivity index (χ3n) is 4.24. The predicted octanol–water partition coefficient (Wildman–Crippen LogP) is 3.93. The normalized spacial score (nSPS) is 28.2. The molecule has 0 aliphatic heterocycles. The molecular formula is C15H29NO2. The summed E-state index contributed by atoms with van der Waals surface area (Å²) < 4.78 is 5.77. The average molecular weight is 255 g/mol. The van der Waals surface area contributed by atoms with Crippen molar-refractivity contribution in [2.75, 3.05) is 13.1 Å². The van der Waals surface area contributed by atoms with E-state index in [1.807, 2.05) is 13.8 Å². The minimum absolute atomic E-state index is 0.113. The monoisotopic (exact) mass is 255 g/mol. The van der Waals surface area contributed by atoms with E-state index in [0.29, 0.717) is 17.8 Å². The third-order valence-corrected chi connectivity index (χ3v) is 4.24. The first-order valence-electron chi connectivity index (χ1n) is 7.45. The number of carbonyl (C=O) groups excluding carboxylic acids is 1. The lowest BCUT2D eigenvalue weighted by atomic mass is 9.75. The van der Waals surface area contributed by atoms with Gasteiger partial charge in [-0.25, -0.2) is 4.79 Å². The second-order valence-corrected chi connectivity index (χ2v) is 5.92. The standard InChI is InChI=1S/C15H29NO2/c1-6-16(7-2)15(17)18-14-10-12(5)8-9-13(14)11(3)4/h11-14H,6-10H2,1-5H3/t12?,13?,14-/m1/s1. The summed E-state index contributed by atoms with van der Waals surface area (Å²) in [6.07, 6.45) is 3.46. The van der Waals surface area contributed by atoms with Crippen molar-refractivity contribution in [3.63, 3.8) is 0 Å². The van der Waals surface area contributed by atoms with Crippen molar-refractivity contribution in [3.8, 4) is 0 Å². The number of amides is 1. The molecule has 1 saturated carbocycles. The van der Waals surface area contributed by atoms with Gasteiger partial charge in [0.05, 0.1) is 0 Å². The van der Waals surface area contributed by atoms with Gasteiger partial charge in [0.2, 0.25) is 0 Å². The number of hydrogen-bond acceptors (Lipinski definition) is 2. The Hall–Kier alpha value is -0.730. The molecular weight excluding hydrogens is 226 g/mol. The van der Waals surface area contributed by atoms with Gasteiger partial charge < -0.3 is 9.64 Å². The molecule has 0 aromatic carbocycles. The van der Waals surface area contributed by atoms with Gasteiger partial charge in [-0.15, -0.1) is 0 Å². The molecule has 1 aliphatic carbocycles. The Morgan fingerprint density at radius 2 is 1.89 bits per heavy atom. The zero-order valence-electron chi connectivity index (χ0n) is 12.6. The Morgan fingerprint density at radius 3 is 2.39 bits per heavy atom. The fourth-order valence-corrected chi connectivity index (χ4v) is 2.94. The lowest BCUT2D eigenvalue weighted by molar-refractivity contribution is -0.00908. The first-order valence-corrected chi connectivity index (χ1v) is 7.45. The average Bonchev–Trinajstić information content (AvgIpc) is 2.30. The molecule has 1 amide bonds. The van der Waals surface area contributed by atoms with Crippen molar-refractivity contribution < 1.29 is 9.53 Å². The summed E-state index contributed by atoms with van der Waals surface area (Å²) in [5.41, 5.74) is 0. The van der Waals surface area contributed by atoms with Crippen LogP contribution in [0.1, 0.15) is 53.9 Å². The van der Waals surface area contributed by atoms with E-state index < -0.39 is 0 Å². The molecule has 106 valence electrons. The second-order valence-electron chi connectivity index (χ2n) is 5.92. The van der Waals surface area contributed by atoms with Gasteiger partial charge in [0, 0.05) is 13.1 Å². The van der Waals surface area contributed by atoms with E-state index in [0.717, 1.165) is 19.5 Å². The van der Waals surface area contributed by atoms with Crippen molar-refractivity contribution in [2.24, 2.45) is 17.8 Å². The molecule has 18 heavy (non-hydrogen) atoms. The quantitative estimate of drug-likeness (QED) is 0.762. The van der Waals surface area contributed by atoms with Crippen molar-refractivity contribution in [1.82, 2.24) is 4.90 Å². The van der Waals surface area contributed by atoms with Crippen LogP contribution in [0.25, 0.3) is 0 Å². The third kappa shape index (κ3) is 3.89. The molecule has 3 atom stereocenters. The van der Waals surface area contributed by atoms with Gasteiger partial charge in [0.15, 0.2) is 0 Å². The Kier molecular flexibility index (Phi) is 5.97. The fourth-order valence-electron chi connectivity index (χ4n) is 2.94. The Bertz CT molecular complexity index is 261. The van der Waals surface area contributed by atoms with Crippen LogP contribution in [-0.2, 0) is 4.74 Å². The lowest BCUT2D eigenvalue weighted by Gasteiger charge is -2.37. The van der Waals surface area contributed by atoms with Gasteiger partial charge in [-0.3, -0.25) is 0 Å². The molecule has 0 bridgehead atoms. The number of carbonyl (C=O) groups is 1. The maximum Gasteiger partial charge on any atom is 0.410 e. The van der Waals surface area contributed by atoms with Gasteiger partial charge in [-0.1, -0.05) is 27.2 Å². The Morgan fingerprint density at radius 1 is 1.28 bits per heavy atom. The Labute approximate surface area is 112 Å². The summed E-state index contributed by atoms with van der Waals surface area (Å²) >= 11 is 0. The minimum atomic E-state index is -0.134. The van der Waals surface area contributed by atoms with E-state index in [1.165, 1.54) is 12.8 Å². The van der Waals surface area contributed by atoms with Gasteiger partial charge >= 0.3 is 6.09 Å². The van der Waals surface area contributed by atoms with Crippen LogP contribution in [-0.4, -0.2) is 30.2 Å². The molecule has 0 aromatic rings. The summed E-state index contributed by atoms with van der Waals surface area (Å²) in [4.78, 5) is 13.8. The maximum atomic E-state index is 12.1. The van der Waals surface area contributed by atoms with Crippen LogP contribution >= 0.6 is 0 Å². The van der Waals surface area contributed by atoms with E-state index in [2.05, 4.69) is 20.8 Å². The smallest absolute Gasteiger partial charge is 0.410 e. The zero-order valence-corrected chi connectivity index (χ0v) is 12.6. The molecule has 1 rings (SSSR count). The van der Waals surface area contributed by atoms with Crippen LogP contribution in [0.5, 0.6) is 0 Å². The van der Waals surface area contributed by atoms with Gasteiger partial charge in [-0.2, -0.15) is 0 Å². The second kappa shape index (κ2) is 7.01. The van der Waals surface area contributed by atoms with E-state index in [-0.39, 0.29) is 12.2 Å². The SMILES string of the molecule is CCN(CC)C(=O)O[C@@H]1CC(C)CCC1C(C)C. The summed E-state index contributed by atoms with van der Waals surface area (Å²) in [6.45, 7) is 12.2. The van der Waals surface area contributed by atoms with Crippen molar-refractivity contribution >= 4 is 6.09 Å². The zero-order chi connectivity index (χ0) is 13.7.